The number of nitrogens with one attached hydrogen (secondary N) is 1. The van der Waals surface area contributed by atoms with Crippen molar-refractivity contribution in [1.29, 1.82) is 0 Å². The first kappa shape index (κ1) is 20.7. The van der Waals surface area contributed by atoms with Crippen molar-refractivity contribution in [3.05, 3.63) is 34.9 Å². The van der Waals surface area contributed by atoms with Crippen molar-refractivity contribution in [3.63, 3.8) is 0 Å². The van der Waals surface area contributed by atoms with E-state index in [9.17, 15) is 4.79 Å². The van der Waals surface area contributed by atoms with E-state index in [0.29, 0.717) is 11.4 Å². The number of rotatable bonds is 13. The number of hydrogen-bond donors (Lipinski definition) is 1. The summed E-state index contributed by atoms with van der Waals surface area (Å²) in [5.41, 5.74) is 3.49. The quantitative estimate of drug-likeness (QED) is 0.260. The van der Waals surface area contributed by atoms with Crippen molar-refractivity contribution >= 4 is 23.7 Å². The summed E-state index contributed by atoms with van der Waals surface area (Å²) in [4.78, 5) is 11.7. The van der Waals surface area contributed by atoms with E-state index in [1.165, 1.54) is 51.4 Å². The molecule has 0 aliphatic heterocycles. The maximum absolute atomic E-state index is 11.7. The standard InChI is InChI=1S/C20H31ClN2O/c1-2-3-4-5-6-7-8-9-10-11-12-20(24)23-22-17-18-13-15-19(21)16-14-18/h13-17H,2-12H2,1H3,(H,23,24). The molecule has 0 saturated heterocycles. The van der Waals surface area contributed by atoms with E-state index >= 15 is 0 Å². The maximum atomic E-state index is 11.7. The van der Waals surface area contributed by atoms with Gasteiger partial charge in [-0.25, -0.2) is 5.43 Å². The maximum Gasteiger partial charge on any atom is 0.240 e. The van der Waals surface area contributed by atoms with Crippen molar-refractivity contribution in [3.8, 4) is 0 Å². The lowest BCUT2D eigenvalue weighted by Gasteiger charge is -2.02. The summed E-state index contributed by atoms with van der Waals surface area (Å²) in [6.45, 7) is 2.25. The van der Waals surface area contributed by atoms with Gasteiger partial charge in [-0.1, -0.05) is 88.4 Å². The Labute approximate surface area is 151 Å². The molecule has 4 heteroatoms. The van der Waals surface area contributed by atoms with Crippen LogP contribution in [0.4, 0.5) is 0 Å². The largest absolute Gasteiger partial charge is 0.273 e. The minimum Gasteiger partial charge on any atom is -0.273 e. The fourth-order valence-electron chi connectivity index (χ4n) is 2.56. The molecule has 1 rings (SSSR count). The number of benzene rings is 1. The highest BCUT2D eigenvalue weighted by atomic mass is 35.5. The number of carbonyl (C=O) groups is 1. The third-order valence-electron chi connectivity index (χ3n) is 4.03. The molecule has 0 saturated carbocycles. The minimum atomic E-state index is -0.0141. The first-order valence-corrected chi connectivity index (χ1v) is 9.67. The van der Waals surface area contributed by atoms with Crippen LogP contribution in [0.2, 0.25) is 5.02 Å². The van der Waals surface area contributed by atoms with Crippen LogP contribution in [0.25, 0.3) is 0 Å². The highest BCUT2D eigenvalue weighted by molar-refractivity contribution is 6.30. The van der Waals surface area contributed by atoms with Crippen LogP contribution in [0.3, 0.4) is 0 Å². The normalized spacial score (nSPS) is 11.1. The predicted molar refractivity (Wildman–Crippen MR) is 104 cm³/mol. The summed E-state index contributed by atoms with van der Waals surface area (Å²) in [7, 11) is 0. The van der Waals surface area contributed by atoms with E-state index in [1.54, 1.807) is 18.3 Å². The number of amides is 1. The van der Waals surface area contributed by atoms with Crippen LogP contribution >= 0.6 is 11.6 Å². The van der Waals surface area contributed by atoms with Crippen LogP contribution in [0.15, 0.2) is 29.4 Å². The lowest BCUT2D eigenvalue weighted by molar-refractivity contribution is -0.121. The average Bonchev–Trinajstić information content (AvgIpc) is 2.58. The first-order chi connectivity index (χ1) is 11.7. The second-order valence-corrected chi connectivity index (χ2v) is 6.71. The van der Waals surface area contributed by atoms with Crippen LogP contribution in [0.5, 0.6) is 0 Å². The fourth-order valence-corrected chi connectivity index (χ4v) is 2.68. The molecular weight excluding hydrogens is 320 g/mol. The summed E-state index contributed by atoms with van der Waals surface area (Å²) in [6.07, 6.45) is 14.9. The molecular formula is C20H31ClN2O. The lowest BCUT2D eigenvalue weighted by atomic mass is 10.1. The van der Waals surface area contributed by atoms with Gasteiger partial charge in [0.1, 0.15) is 0 Å². The second-order valence-electron chi connectivity index (χ2n) is 6.28. The fraction of sp³-hybridized carbons (Fsp3) is 0.600. The monoisotopic (exact) mass is 350 g/mol. The molecule has 0 atom stereocenters. The van der Waals surface area contributed by atoms with Crippen molar-refractivity contribution in [2.45, 2.75) is 77.6 Å². The zero-order valence-electron chi connectivity index (χ0n) is 14.9. The topological polar surface area (TPSA) is 41.5 Å². The van der Waals surface area contributed by atoms with Gasteiger partial charge in [0.15, 0.2) is 0 Å². The minimum absolute atomic E-state index is 0.0141. The average molecular weight is 351 g/mol. The second kappa shape index (κ2) is 14.0. The molecule has 0 aliphatic carbocycles. The van der Waals surface area contributed by atoms with Gasteiger partial charge in [-0.2, -0.15) is 5.10 Å². The van der Waals surface area contributed by atoms with Gasteiger partial charge in [-0.3, -0.25) is 4.79 Å². The molecule has 0 aromatic heterocycles. The van der Waals surface area contributed by atoms with Gasteiger partial charge >= 0.3 is 0 Å². The van der Waals surface area contributed by atoms with Gasteiger partial charge in [0, 0.05) is 11.4 Å². The SMILES string of the molecule is CCCCCCCCCCCCC(=O)NN=Cc1ccc(Cl)cc1. The van der Waals surface area contributed by atoms with E-state index in [4.69, 9.17) is 11.6 Å². The van der Waals surface area contributed by atoms with Crippen LogP contribution in [-0.2, 0) is 4.79 Å². The van der Waals surface area contributed by atoms with Crippen molar-refractivity contribution in [2.24, 2.45) is 5.10 Å². The molecule has 1 N–H and O–H groups in total. The Bertz CT molecular complexity index is 471. The Morgan fingerprint density at radius 1 is 0.958 bits per heavy atom. The number of nitrogens with zero attached hydrogens (tertiary/aromatic N) is 1. The van der Waals surface area contributed by atoms with Gasteiger partial charge in [0.05, 0.1) is 6.21 Å². The van der Waals surface area contributed by atoms with E-state index in [-0.39, 0.29) is 5.91 Å². The first-order valence-electron chi connectivity index (χ1n) is 9.30. The highest BCUT2D eigenvalue weighted by Crippen LogP contribution is 2.11. The van der Waals surface area contributed by atoms with Crippen molar-refractivity contribution in [2.75, 3.05) is 0 Å². The molecule has 134 valence electrons. The third kappa shape index (κ3) is 11.2. The highest BCUT2D eigenvalue weighted by Gasteiger charge is 1.99. The van der Waals surface area contributed by atoms with Crippen LogP contribution in [0.1, 0.15) is 83.1 Å². The van der Waals surface area contributed by atoms with Crippen molar-refractivity contribution in [1.82, 2.24) is 5.43 Å². The van der Waals surface area contributed by atoms with Crippen LogP contribution in [0, 0.1) is 0 Å². The Balaban J connectivity index is 1.95. The molecule has 1 aromatic carbocycles. The van der Waals surface area contributed by atoms with E-state index in [1.807, 2.05) is 12.1 Å². The Kier molecular flexibility index (Phi) is 12.1. The van der Waals surface area contributed by atoms with E-state index in [2.05, 4.69) is 17.5 Å². The smallest absolute Gasteiger partial charge is 0.240 e. The van der Waals surface area contributed by atoms with Crippen LogP contribution in [-0.4, -0.2) is 12.1 Å². The molecule has 3 nitrogen and oxygen atoms in total. The molecule has 0 fully saturated rings. The molecule has 1 amide bonds. The van der Waals surface area contributed by atoms with Crippen molar-refractivity contribution < 1.29 is 4.79 Å². The predicted octanol–water partition coefficient (Wildman–Crippen LogP) is 6.10. The van der Waals surface area contributed by atoms with Gasteiger partial charge in [0.2, 0.25) is 5.91 Å². The zero-order chi connectivity index (χ0) is 17.5. The lowest BCUT2D eigenvalue weighted by Crippen LogP contribution is -2.16. The molecule has 0 radical (unpaired) electrons. The van der Waals surface area contributed by atoms with Crippen LogP contribution < -0.4 is 5.43 Å². The molecule has 1 aromatic rings. The number of halogens is 1. The molecule has 0 spiro atoms. The molecule has 24 heavy (non-hydrogen) atoms. The van der Waals surface area contributed by atoms with Gasteiger partial charge in [0.25, 0.3) is 0 Å². The summed E-state index contributed by atoms with van der Waals surface area (Å²) < 4.78 is 0. The summed E-state index contributed by atoms with van der Waals surface area (Å²) in [6, 6.07) is 7.32. The Morgan fingerprint density at radius 2 is 1.50 bits per heavy atom. The zero-order valence-corrected chi connectivity index (χ0v) is 15.7. The third-order valence-corrected chi connectivity index (χ3v) is 4.28. The summed E-state index contributed by atoms with van der Waals surface area (Å²) in [5, 5.41) is 4.66. The number of carbonyl (C=O) groups excluding carboxylic acids is 1. The molecule has 0 unspecified atom stereocenters. The molecule has 0 aliphatic rings. The number of hydrazone groups is 1. The Hall–Kier alpha value is -1.35. The Morgan fingerprint density at radius 3 is 2.08 bits per heavy atom. The number of hydrogen-bond acceptors (Lipinski definition) is 2. The summed E-state index contributed by atoms with van der Waals surface area (Å²) >= 11 is 5.81. The van der Waals surface area contributed by atoms with E-state index < -0.39 is 0 Å². The molecule has 0 bridgehead atoms. The van der Waals surface area contributed by atoms with Gasteiger partial charge < -0.3 is 0 Å². The van der Waals surface area contributed by atoms with Gasteiger partial charge in [-0.05, 0) is 24.1 Å². The number of unbranched alkanes of at least 4 members (excludes halogenated alkanes) is 9. The summed E-state index contributed by atoms with van der Waals surface area (Å²) in [5.74, 6) is -0.0141. The van der Waals surface area contributed by atoms with E-state index in [0.717, 1.165) is 18.4 Å². The molecule has 0 heterocycles. The van der Waals surface area contributed by atoms with Gasteiger partial charge in [-0.15, -0.1) is 0 Å².